The van der Waals surface area contributed by atoms with E-state index in [0.29, 0.717) is 29.1 Å². The molecule has 9 atom stereocenters. The Balaban J connectivity index is 1.55. The number of aliphatic hydroxyl groups is 1. The van der Waals surface area contributed by atoms with Gasteiger partial charge in [0.2, 0.25) is 11.8 Å². The van der Waals surface area contributed by atoms with E-state index in [-0.39, 0.29) is 42.6 Å². The van der Waals surface area contributed by atoms with Crippen molar-refractivity contribution in [2.24, 2.45) is 17.8 Å². The van der Waals surface area contributed by atoms with Gasteiger partial charge in [-0.1, -0.05) is 83.9 Å². The van der Waals surface area contributed by atoms with Gasteiger partial charge in [-0.3, -0.25) is 19.2 Å². The minimum Gasteiger partial charge on any atom is -0.455 e. The third kappa shape index (κ3) is 7.68. The number of alkyl halides is 1. The van der Waals surface area contributed by atoms with Crippen molar-refractivity contribution in [2.75, 3.05) is 18.1 Å². The standard InChI is InChI=1S/C39H47BrClN3O7/c1-6-8-14-30(46)42-24(5)33(25-12-10-9-11-13-25)50-38(49)31-32-36(47)44(28(22-45)20-23(3)4)35(39(32)21-29(40)34(31)51-39)37(48)43(19-7-2)27-17-15-26(41)16-18-27/h6-7,9-13,15-18,23-24,28-29,31-35,45H,1-2,8,14,19-22H2,3-5H3,(H,42,46)/t24-,28+,29?,31-,32+,33-,34-,35-,39+/m0/s1. The van der Waals surface area contributed by atoms with Gasteiger partial charge in [0.15, 0.2) is 0 Å². The van der Waals surface area contributed by atoms with Gasteiger partial charge >= 0.3 is 5.97 Å². The molecule has 0 aliphatic carbocycles. The molecule has 2 N–H and O–H groups in total. The Morgan fingerprint density at radius 2 is 1.82 bits per heavy atom. The molecule has 3 aliphatic rings. The summed E-state index contributed by atoms with van der Waals surface area (Å²) in [5.41, 5.74) is -0.168. The van der Waals surface area contributed by atoms with E-state index in [1.807, 2.05) is 44.2 Å². The van der Waals surface area contributed by atoms with Crippen LogP contribution in [-0.4, -0.2) is 81.5 Å². The smallest absolute Gasteiger partial charge is 0.313 e. The highest BCUT2D eigenvalue weighted by molar-refractivity contribution is 9.09. The number of nitrogens with zero attached hydrogens (tertiary/aromatic N) is 2. The van der Waals surface area contributed by atoms with Crippen molar-refractivity contribution in [1.29, 1.82) is 0 Å². The molecule has 1 spiro atoms. The first-order valence-corrected chi connectivity index (χ1v) is 18.8. The van der Waals surface area contributed by atoms with E-state index in [4.69, 9.17) is 21.1 Å². The average Bonchev–Trinajstić information content (AvgIpc) is 3.71. The quantitative estimate of drug-likeness (QED) is 0.126. The summed E-state index contributed by atoms with van der Waals surface area (Å²) in [4.78, 5) is 59.6. The molecule has 274 valence electrons. The lowest BCUT2D eigenvalue weighted by atomic mass is 9.70. The topological polar surface area (TPSA) is 125 Å². The second kappa shape index (κ2) is 16.4. The van der Waals surface area contributed by atoms with Crippen molar-refractivity contribution in [2.45, 2.75) is 87.2 Å². The van der Waals surface area contributed by atoms with E-state index in [1.54, 1.807) is 43.3 Å². The number of hydrogen-bond acceptors (Lipinski definition) is 7. The molecular formula is C39H47BrClN3O7. The van der Waals surface area contributed by atoms with Crippen LogP contribution in [0.2, 0.25) is 5.02 Å². The van der Waals surface area contributed by atoms with Crippen LogP contribution in [0.4, 0.5) is 5.69 Å². The fraction of sp³-hybridized carbons (Fsp3) is 0.487. The van der Waals surface area contributed by atoms with Crippen LogP contribution in [0.5, 0.6) is 0 Å². The zero-order valence-electron chi connectivity index (χ0n) is 29.3. The van der Waals surface area contributed by atoms with Crippen LogP contribution in [-0.2, 0) is 28.7 Å². The summed E-state index contributed by atoms with van der Waals surface area (Å²) in [5.74, 6) is -3.76. The summed E-state index contributed by atoms with van der Waals surface area (Å²) in [5, 5.41) is 14.1. The van der Waals surface area contributed by atoms with Crippen molar-refractivity contribution >= 4 is 56.9 Å². The Labute approximate surface area is 313 Å². The van der Waals surface area contributed by atoms with Gasteiger partial charge in [-0.2, -0.15) is 0 Å². The van der Waals surface area contributed by atoms with E-state index < -0.39 is 65.6 Å². The minimum atomic E-state index is -1.39. The number of hydrogen-bond donors (Lipinski definition) is 2. The number of carbonyl (C=O) groups is 4. The van der Waals surface area contributed by atoms with Gasteiger partial charge in [-0.15, -0.1) is 13.2 Å². The molecule has 2 aromatic rings. The number of nitrogens with one attached hydrogen (secondary N) is 1. The zero-order chi connectivity index (χ0) is 37.0. The van der Waals surface area contributed by atoms with E-state index in [2.05, 4.69) is 34.4 Å². The number of amides is 3. The van der Waals surface area contributed by atoms with Crippen molar-refractivity contribution in [1.82, 2.24) is 10.2 Å². The maximum atomic E-state index is 14.9. The number of ether oxygens (including phenoxy) is 2. The first-order valence-electron chi connectivity index (χ1n) is 17.5. The summed E-state index contributed by atoms with van der Waals surface area (Å²) < 4.78 is 13.0. The summed E-state index contributed by atoms with van der Waals surface area (Å²) in [6, 6.07) is 13.4. The van der Waals surface area contributed by atoms with Crippen LogP contribution < -0.4 is 10.2 Å². The number of rotatable bonds is 16. The molecule has 3 aliphatic heterocycles. The highest BCUT2D eigenvalue weighted by Crippen LogP contribution is 2.61. The molecule has 3 fully saturated rings. The average molecular weight is 785 g/mol. The number of anilines is 1. The number of allylic oxidation sites excluding steroid dienone is 1. The van der Waals surface area contributed by atoms with Crippen LogP contribution >= 0.6 is 27.5 Å². The molecule has 3 saturated heterocycles. The van der Waals surface area contributed by atoms with Gasteiger partial charge in [-0.05, 0) is 61.9 Å². The third-order valence-electron chi connectivity index (χ3n) is 10.1. The third-order valence-corrected chi connectivity index (χ3v) is 11.2. The fourth-order valence-electron chi connectivity index (χ4n) is 7.99. The van der Waals surface area contributed by atoms with Gasteiger partial charge < -0.3 is 29.7 Å². The van der Waals surface area contributed by atoms with Gasteiger partial charge in [0, 0.05) is 28.5 Å². The van der Waals surface area contributed by atoms with Gasteiger partial charge in [0.05, 0.1) is 36.6 Å². The Kier molecular flexibility index (Phi) is 12.5. The molecule has 1 unspecified atom stereocenters. The monoisotopic (exact) mass is 783 g/mol. The van der Waals surface area contributed by atoms with Gasteiger partial charge in [-0.25, -0.2) is 0 Å². The lowest BCUT2D eigenvalue weighted by Crippen LogP contribution is -2.59. The number of halogens is 2. The van der Waals surface area contributed by atoms with E-state index in [0.717, 1.165) is 0 Å². The molecule has 12 heteroatoms. The molecule has 2 bridgehead atoms. The molecule has 3 heterocycles. The number of aliphatic hydroxyl groups excluding tert-OH is 1. The molecule has 0 radical (unpaired) electrons. The highest BCUT2D eigenvalue weighted by Gasteiger charge is 2.77. The van der Waals surface area contributed by atoms with Crippen molar-refractivity contribution < 1.29 is 33.8 Å². The van der Waals surface area contributed by atoms with Crippen LogP contribution in [0.15, 0.2) is 79.9 Å². The normalized spacial score (nSPS) is 26.7. The first kappa shape index (κ1) is 38.7. The summed E-state index contributed by atoms with van der Waals surface area (Å²) >= 11 is 9.91. The lowest BCUT2D eigenvalue weighted by Gasteiger charge is -2.39. The Morgan fingerprint density at radius 3 is 2.43 bits per heavy atom. The molecular weight excluding hydrogens is 738 g/mol. The number of fused-ring (bicyclic) bond motifs is 1. The Bertz CT molecular complexity index is 1610. The van der Waals surface area contributed by atoms with E-state index in [1.165, 1.54) is 9.80 Å². The zero-order valence-corrected chi connectivity index (χ0v) is 31.6. The SMILES string of the molecule is C=CCCC(=O)N[C@@H](C)[C@H](OC(=O)[C@@H]1[C@H]2O[C@@]3(CC2Br)[C@H](C(=O)N(CC=C)c2ccc(Cl)cc2)N([C@@H](CO)CC(C)C)C(=O)[C@@H]13)c1ccccc1. The summed E-state index contributed by atoms with van der Waals surface area (Å²) in [7, 11) is 0. The molecule has 5 rings (SSSR count). The van der Waals surface area contributed by atoms with Crippen LogP contribution in [0, 0.1) is 17.8 Å². The van der Waals surface area contributed by atoms with Crippen LogP contribution in [0.25, 0.3) is 0 Å². The van der Waals surface area contributed by atoms with Crippen LogP contribution in [0.1, 0.15) is 58.1 Å². The molecule has 0 saturated carbocycles. The highest BCUT2D eigenvalue weighted by atomic mass is 79.9. The number of benzene rings is 2. The maximum Gasteiger partial charge on any atom is 0.313 e. The largest absolute Gasteiger partial charge is 0.455 e. The fourth-order valence-corrected chi connectivity index (χ4v) is 9.06. The van der Waals surface area contributed by atoms with E-state index >= 15 is 0 Å². The summed E-state index contributed by atoms with van der Waals surface area (Å²) in [6.45, 7) is 13.0. The van der Waals surface area contributed by atoms with Crippen molar-refractivity contribution in [3.8, 4) is 0 Å². The predicted octanol–water partition coefficient (Wildman–Crippen LogP) is 5.77. The van der Waals surface area contributed by atoms with Gasteiger partial charge in [0.1, 0.15) is 17.7 Å². The van der Waals surface area contributed by atoms with Crippen molar-refractivity contribution in [3.05, 3.63) is 90.5 Å². The molecule has 51 heavy (non-hydrogen) atoms. The molecule has 10 nitrogen and oxygen atoms in total. The van der Waals surface area contributed by atoms with Crippen molar-refractivity contribution in [3.63, 3.8) is 0 Å². The maximum absolute atomic E-state index is 14.9. The molecule has 2 aromatic carbocycles. The first-order chi connectivity index (χ1) is 24.4. The molecule has 3 amide bonds. The van der Waals surface area contributed by atoms with Gasteiger partial charge in [0.25, 0.3) is 5.91 Å². The number of esters is 1. The second-order valence-electron chi connectivity index (χ2n) is 14.0. The molecule has 0 aromatic heterocycles. The minimum absolute atomic E-state index is 0.0842. The van der Waals surface area contributed by atoms with E-state index in [9.17, 15) is 24.3 Å². The predicted molar refractivity (Wildman–Crippen MR) is 199 cm³/mol. The lowest BCUT2D eigenvalue weighted by molar-refractivity contribution is -0.162. The Morgan fingerprint density at radius 1 is 1.14 bits per heavy atom. The second-order valence-corrected chi connectivity index (χ2v) is 15.7. The Hall–Kier alpha value is -3.51. The number of likely N-dealkylation sites (tertiary alicyclic amines) is 1. The number of carbonyl (C=O) groups excluding carboxylic acids is 4. The summed E-state index contributed by atoms with van der Waals surface area (Å²) in [6.07, 6.45) is 3.06. The van der Waals surface area contributed by atoms with Crippen LogP contribution in [0.3, 0.4) is 0 Å².